The molecule has 1 rings (SSSR count). The molecule has 0 heterocycles. The van der Waals surface area contributed by atoms with Gasteiger partial charge in [0.25, 0.3) is 0 Å². The molecule has 0 atom stereocenters. The van der Waals surface area contributed by atoms with Crippen LogP contribution in [0.25, 0.3) is 0 Å². The van der Waals surface area contributed by atoms with Gasteiger partial charge in [0.2, 0.25) is 0 Å². The highest BCUT2D eigenvalue weighted by molar-refractivity contribution is 9.09. The number of benzene rings is 1. The van der Waals surface area contributed by atoms with E-state index in [9.17, 15) is 9.18 Å². The van der Waals surface area contributed by atoms with Crippen LogP contribution in [0, 0.1) is 17.7 Å². The lowest BCUT2D eigenvalue weighted by atomic mass is 10.1. The number of carboxylic acids is 1. The third-order valence-corrected chi connectivity index (χ3v) is 2.05. The van der Waals surface area contributed by atoms with E-state index in [2.05, 4.69) is 27.8 Å². The molecule has 4 heteroatoms. The maximum Gasteiger partial charge on any atom is 0.336 e. The molecule has 1 aromatic carbocycles. The van der Waals surface area contributed by atoms with Crippen LogP contribution in [0.3, 0.4) is 0 Å². The number of hydrogen-bond acceptors (Lipinski definition) is 1. The quantitative estimate of drug-likeness (QED) is 0.663. The third kappa shape index (κ3) is 3.37. The van der Waals surface area contributed by atoms with Gasteiger partial charge >= 0.3 is 5.97 Å². The van der Waals surface area contributed by atoms with Gasteiger partial charge in [-0.15, -0.1) is 0 Å². The number of hydrogen-bond donors (Lipinski definition) is 1. The summed E-state index contributed by atoms with van der Waals surface area (Å²) in [7, 11) is 0. The van der Waals surface area contributed by atoms with Crippen LogP contribution in [0.5, 0.6) is 0 Å². The molecule has 0 fully saturated rings. The highest BCUT2D eigenvalue weighted by atomic mass is 79.9. The monoisotopic (exact) mass is 270 g/mol. The normalized spacial score (nSPS) is 9.20. The Morgan fingerprint density at radius 3 is 2.87 bits per heavy atom. The van der Waals surface area contributed by atoms with Gasteiger partial charge in [0, 0.05) is 17.3 Å². The number of alkyl halides is 1. The van der Waals surface area contributed by atoms with Gasteiger partial charge in [-0.1, -0.05) is 27.8 Å². The van der Waals surface area contributed by atoms with E-state index >= 15 is 0 Å². The first kappa shape index (κ1) is 11.7. The van der Waals surface area contributed by atoms with E-state index in [4.69, 9.17) is 5.11 Å². The fourth-order valence-corrected chi connectivity index (χ4v) is 1.21. The smallest absolute Gasteiger partial charge is 0.336 e. The second-order valence-corrected chi connectivity index (χ2v) is 3.53. The van der Waals surface area contributed by atoms with E-state index in [1.807, 2.05) is 0 Å². The summed E-state index contributed by atoms with van der Waals surface area (Å²) in [5, 5.41) is 9.52. The molecule has 1 N–H and O–H groups in total. The number of rotatable bonds is 2. The lowest BCUT2D eigenvalue weighted by Gasteiger charge is -1.98. The molecule has 0 aliphatic rings. The zero-order valence-corrected chi connectivity index (χ0v) is 9.34. The Morgan fingerprint density at radius 2 is 2.27 bits per heavy atom. The summed E-state index contributed by atoms with van der Waals surface area (Å²) in [5.74, 6) is 3.80. The van der Waals surface area contributed by atoms with E-state index in [1.165, 1.54) is 6.07 Å². The van der Waals surface area contributed by atoms with Crippen molar-refractivity contribution in [2.24, 2.45) is 0 Å². The second-order valence-electron chi connectivity index (χ2n) is 2.74. The summed E-state index contributed by atoms with van der Waals surface area (Å²) >= 11 is 3.19. The van der Waals surface area contributed by atoms with E-state index < -0.39 is 11.8 Å². The van der Waals surface area contributed by atoms with Crippen LogP contribution in [-0.4, -0.2) is 16.4 Å². The zero-order valence-electron chi connectivity index (χ0n) is 7.76. The molecule has 0 amide bonds. The van der Waals surface area contributed by atoms with Crippen LogP contribution in [0.1, 0.15) is 22.3 Å². The standard InChI is InChI=1S/C11H8BrFO2/c12-6-2-1-3-8-7-9(13)4-5-10(8)11(14)15/h4-5,7H,2,6H2,(H,14,15). The molecule has 1 aromatic rings. The highest BCUT2D eigenvalue weighted by Crippen LogP contribution is 2.10. The summed E-state index contributed by atoms with van der Waals surface area (Å²) in [6, 6.07) is 3.46. The average molecular weight is 271 g/mol. The Morgan fingerprint density at radius 1 is 1.53 bits per heavy atom. The van der Waals surface area contributed by atoms with E-state index in [-0.39, 0.29) is 11.1 Å². The fourth-order valence-electron chi connectivity index (χ4n) is 1.01. The van der Waals surface area contributed by atoms with Crippen molar-refractivity contribution in [2.45, 2.75) is 6.42 Å². The molecule has 2 nitrogen and oxygen atoms in total. The minimum Gasteiger partial charge on any atom is -0.478 e. The van der Waals surface area contributed by atoms with Crippen molar-refractivity contribution in [3.63, 3.8) is 0 Å². The van der Waals surface area contributed by atoms with Crippen LogP contribution in [0.2, 0.25) is 0 Å². The van der Waals surface area contributed by atoms with Gasteiger partial charge < -0.3 is 5.11 Å². The lowest BCUT2D eigenvalue weighted by molar-refractivity contribution is 0.0696. The van der Waals surface area contributed by atoms with Crippen LogP contribution in [0.15, 0.2) is 18.2 Å². The molecule has 0 aliphatic heterocycles. The van der Waals surface area contributed by atoms with Gasteiger partial charge in [0.05, 0.1) is 5.56 Å². The second kappa shape index (κ2) is 5.52. The van der Waals surface area contributed by atoms with Crippen molar-refractivity contribution in [1.82, 2.24) is 0 Å². The Labute approximate surface area is 95.2 Å². The van der Waals surface area contributed by atoms with Gasteiger partial charge in [-0.25, -0.2) is 9.18 Å². The number of carboxylic acid groups (broad SMARTS) is 1. The minimum atomic E-state index is -1.10. The molecule has 0 saturated heterocycles. The Balaban J connectivity index is 3.09. The average Bonchev–Trinajstić information content (AvgIpc) is 2.18. The van der Waals surface area contributed by atoms with Gasteiger partial charge in [-0.3, -0.25) is 0 Å². The summed E-state index contributed by atoms with van der Waals surface area (Å²) in [5.41, 5.74) is 0.238. The molecule has 0 unspecified atom stereocenters. The first-order valence-corrected chi connectivity index (χ1v) is 5.35. The number of aromatic carboxylic acids is 1. The van der Waals surface area contributed by atoms with E-state index in [0.29, 0.717) is 11.8 Å². The molecule has 0 aliphatic carbocycles. The van der Waals surface area contributed by atoms with E-state index in [1.54, 1.807) is 0 Å². The number of halogens is 2. The molecule has 15 heavy (non-hydrogen) atoms. The van der Waals surface area contributed by atoms with Crippen molar-refractivity contribution in [3.05, 3.63) is 35.1 Å². The summed E-state index contributed by atoms with van der Waals surface area (Å²) in [6.07, 6.45) is 0.593. The van der Waals surface area contributed by atoms with Crippen molar-refractivity contribution in [1.29, 1.82) is 0 Å². The number of carbonyl (C=O) groups is 1. The van der Waals surface area contributed by atoms with Crippen LogP contribution in [-0.2, 0) is 0 Å². The molecule has 0 bridgehead atoms. The van der Waals surface area contributed by atoms with Crippen LogP contribution in [0.4, 0.5) is 4.39 Å². The maximum atomic E-state index is 12.8. The predicted molar refractivity (Wildman–Crippen MR) is 58.6 cm³/mol. The molecule has 0 saturated carbocycles. The van der Waals surface area contributed by atoms with Gasteiger partial charge in [0.15, 0.2) is 0 Å². The van der Waals surface area contributed by atoms with Crippen molar-refractivity contribution >= 4 is 21.9 Å². The van der Waals surface area contributed by atoms with Gasteiger partial charge in [0.1, 0.15) is 5.82 Å². The molecule has 0 aromatic heterocycles. The lowest BCUT2D eigenvalue weighted by Crippen LogP contribution is -2.00. The summed E-state index contributed by atoms with van der Waals surface area (Å²) in [4.78, 5) is 10.8. The van der Waals surface area contributed by atoms with Crippen molar-refractivity contribution in [2.75, 3.05) is 5.33 Å². The first-order valence-electron chi connectivity index (χ1n) is 4.23. The highest BCUT2D eigenvalue weighted by Gasteiger charge is 2.08. The Bertz CT molecular complexity index is 432. The summed E-state index contributed by atoms with van der Waals surface area (Å²) in [6.45, 7) is 0. The van der Waals surface area contributed by atoms with Crippen molar-refractivity contribution in [3.8, 4) is 11.8 Å². The topological polar surface area (TPSA) is 37.3 Å². The molecular formula is C11H8BrFO2. The maximum absolute atomic E-state index is 12.8. The largest absolute Gasteiger partial charge is 0.478 e. The zero-order chi connectivity index (χ0) is 11.3. The fraction of sp³-hybridized carbons (Fsp3) is 0.182. The first-order chi connectivity index (χ1) is 7.15. The molecule has 0 radical (unpaired) electrons. The van der Waals surface area contributed by atoms with Crippen LogP contribution < -0.4 is 0 Å². The van der Waals surface area contributed by atoms with Crippen LogP contribution >= 0.6 is 15.9 Å². The molecule has 78 valence electrons. The van der Waals surface area contributed by atoms with Gasteiger partial charge in [-0.05, 0) is 18.2 Å². The van der Waals surface area contributed by atoms with Gasteiger partial charge in [-0.2, -0.15) is 0 Å². The Kier molecular flexibility index (Phi) is 4.32. The SMILES string of the molecule is O=C(O)c1ccc(F)cc1C#CCCBr. The van der Waals surface area contributed by atoms with Crippen molar-refractivity contribution < 1.29 is 14.3 Å². The Hall–Kier alpha value is -1.34. The minimum absolute atomic E-state index is 0.0264. The molecule has 0 spiro atoms. The summed E-state index contributed by atoms with van der Waals surface area (Å²) < 4.78 is 12.8. The predicted octanol–water partition coefficient (Wildman–Crippen LogP) is 2.66. The third-order valence-electron chi connectivity index (χ3n) is 1.65. The molecular weight excluding hydrogens is 263 g/mol. The van der Waals surface area contributed by atoms with E-state index in [0.717, 1.165) is 12.1 Å².